The molecule has 1 amide bonds. The van der Waals surface area contributed by atoms with E-state index < -0.39 is 5.72 Å². The Balaban J connectivity index is 1.73. The van der Waals surface area contributed by atoms with Crippen molar-refractivity contribution in [2.24, 2.45) is 0 Å². The first-order valence-corrected chi connectivity index (χ1v) is 10.6. The average Bonchev–Trinajstić information content (AvgIpc) is 3.08. The van der Waals surface area contributed by atoms with Gasteiger partial charge in [0.2, 0.25) is 5.91 Å². The number of hydrogen-bond donors (Lipinski definition) is 1. The molecule has 148 valence electrons. The summed E-state index contributed by atoms with van der Waals surface area (Å²) in [6.45, 7) is 4.48. The number of rotatable bonds is 4. The van der Waals surface area contributed by atoms with Crippen molar-refractivity contribution in [1.82, 2.24) is 4.90 Å². The van der Waals surface area contributed by atoms with Crippen LogP contribution in [0.3, 0.4) is 0 Å². The fourth-order valence-electron chi connectivity index (χ4n) is 3.91. The third-order valence-electron chi connectivity index (χ3n) is 5.42. The molecule has 29 heavy (non-hydrogen) atoms. The van der Waals surface area contributed by atoms with E-state index in [1.807, 2.05) is 62.4 Å². The van der Waals surface area contributed by atoms with Gasteiger partial charge in [-0.05, 0) is 31.5 Å². The van der Waals surface area contributed by atoms with Gasteiger partial charge in [0.25, 0.3) is 0 Å². The summed E-state index contributed by atoms with van der Waals surface area (Å²) < 4.78 is 5.49. The van der Waals surface area contributed by atoms with Gasteiger partial charge in [-0.3, -0.25) is 9.69 Å². The Morgan fingerprint density at radius 3 is 2.55 bits per heavy atom. The molecule has 0 saturated carbocycles. The summed E-state index contributed by atoms with van der Waals surface area (Å²) in [5.41, 5.74) is 1.74. The Morgan fingerprint density at radius 2 is 1.93 bits per heavy atom. The Labute approximate surface area is 174 Å². The van der Waals surface area contributed by atoms with Crippen LogP contribution in [0.15, 0.2) is 59.1 Å². The highest BCUT2D eigenvalue weighted by atomic mass is 32.2. The molecule has 0 spiro atoms. The molecule has 2 aliphatic heterocycles. The van der Waals surface area contributed by atoms with Crippen molar-refractivity contribution in [2.75, 3.05) is 12.4 Å². The number of fused-ring (bicyclic) bond motifs is 1. The molecule has 1 fully saturated rings. The number of carbonyl (C=O) groups excluding carboxylic acids is 1. The fraction of sp³-hybridized carbons (Fsp3) is 0.304. The van der Waals surface area contributed by atoms with Crippen LogP contribution in [0, 0.1) is 18.3 Å². The number of amides is 1. The molecule has 2 unspecified atom stereocenters. The maximum Gasteiger partial charge on any atom is 0.231 e. The van der Waals surface area contributed by atoms with Gasteiger partial charge in [-0.25, -0.2) is 0 Å². The number of aliphatic hydroxyl groups is 1. The lowest BCUT2D eigenvalue weighted by Gasteiger charge is -2.38. The van der Waals surface area contributed by atoms with E-state index in [1.54, 1.807) is 0 Å². The quantitative estimate of drug-likeness (QED) is 0.830. The molecule has 0 aliphatic carbocycles. The van der Waals surface area contributed by atoms with Crippen molar-refractivity contribution in [3.63, 3.8) is 0 Å². The van der Waals surface area contributed by atoms with Gasteiger partial charge in [0.05, 0.1) is 29.0 Å². The molecule has 6 heteroatoms. The average molecular weight is 407 g/mol. The highest BCUT2D eigenvalue weighted by molar-refractivity contribution is 8.03. The SMILES string of the molecule is CCOc1ccc(C2CC(=O)N3C(=C2C#N)SCC3(O)c2ccc(C)cc2)cc1. The number of benzene rings is 2. The van der Waals surface area contributed by atoms with Gasteiger partial charge in [-0.2, -0.15) is 5.26 Å². The Kier molecular flexibility index (Phi) is 5.12. The number of aryl methyl sites for hydroxylation is 1. The van der Waals surface area contributed by atoms with Gasteiger partial charge in [0.1, 0.15) is 5.75 Å². The molecule has 2 aromatic carbocycles. The van der Waals surface area contributed by atoms with Crippen molar-refractivity contribution < 1.29 is 14.6 Å². The largest absolute Gasteiger partial charge is 0.494 e. The summed E-state index contributed by atoms with van der Waals surface area (Å²) >= 11 is 1.37. The first-order valence-electron chi connectivity index (χ1n) is 9.60. The first kappa shape index (κ1) is 19.6. The fourth-order valence-corrected chi connectivity index (χ4v) is 5.27. The Hall–Kier alpha value is -2.75. The normalized spacial score (nSPS) is 23.7. The number of nitriles is 1. The van der Waals surface area contributed by atoms with Gasteiger partial charge in [-0.15, -0.1) is 11.8 Å². The predicted octanol–water partition coefficient (Wildman–Crippen LogP) is 4.04. The molecule has 0 radical (unpaired) electrons. The number of ether oxygens (including phenoxy) is 1. The Morgan fingerprint density at radius 1 is 1.24 bits per heavy atom. The number of nitrogens with zero attached hydrogens (tertiary/aromatic N) is 2. The third-order valence-corrected chi connectivity index (χ3v) is 6.64. The van der Waals surface area contributed by atoms with E-state index in [0.29, 0.717) is 28.5 Å². The second kappa shape index (κ2) is 7.58. The topological polar surface area (TPSA) is 73.6 Å². The van der Waals surface area contributed by atoms with E-state index in [2.05, 4.69) is 6.07 Å². The van der Waals surface area contributed by atoms with Crippen molar-refractivity contribution in [1.29, 1.82) is 5.26 Å². The lowest BCUT2D eigenvalue weighted by molar-refractivity contribution is -0.149. The summed E-state index contributed by atoms with van der Waals surface area (Å²) in [5.74, 6) is 0.571. The van der Waals surface area contributed by atoms with E-state index in [9.17, 15) is 15.2 Å². The summed E-state index contributed by atoms with van der Waals surface area (Å²) in [4.78, 5) is 14.6. The highest BCUT2D eigenvalue weighted by Crippen LogP contribution is 2.51. The van der Waals surface area contributed by atoms with E-state index in [0.717, 1.165) is 16.9 Å². The van der Waals surface area contributed by atoms with Gasteiger partial charge in [0, 0.05) is 17.9 Å². The zero-order valence-corrected chi connectivity index (χ0v) is 17.2. The number of carbonyl (C=O) groups is 1. The molecule has 2 atom stereocenters. The van der Waals surface area contributed by atoms with Crippen molar-refractivity contribution >= 4 is 17.7 Å². The summed E-state index contributed by atoms with van der Waals surface area (Å²) in [6, 6.07) is 17.4. The van der Waals surface area contributed by atoms with E-state index in [4.69, 9.17) is 4.74 Å². The summed E-state index contributed by atoms with van der Waals surface area (Å²) in [7, 11) is 0. The number of thioether (sulfide) groups is 1. The monoisotopic (exact) mass is 406 g/mol. The van der Waals surface area contributed by atoms with Crippen LogP contribution < -0.4 is 4.74 Å². The summed E-state index contributed by atoms with van der Waals surface area (Å²) in [5, 5.41) is 21.9. The van der Waals surface area contributed by atoms with Crippen LogP contribution in [0.1, 0.15) is 36.0 Å². The minimum absolute atomic E-state index is 0.148. The second-order valence-corrected chi connectivity index (χ2v) is 8.25. The van der Waals surface area contributed by atoms with Crippen LogP contribution >= 0.6 is 11.8 Å². The first-order chi connectivity index (χ1) is 14.0. The lowest BCUT2D eigenvalue weighted by atomic mass is 9.85. The molecular formula is C23H22N2O3S. The third kappa shape index (κ3) is 3.31. The maximum absolute atomic E-state index is 13.1. The van der Waals surface area contributed by atoms with Crippen LogP contribution in [0.4, 0.5) is 0 Å². The zero-order chi connectivity index (χ0) is 20.6. The van der Waals surface area contributed by atoms with Crippen LogP contribution in [-0.4, -0.2) is 28.3 Å². The van der Waals surface area contributed by atoms with E-state index in [1.165, 1.54) is 16.7 Å². The molecule has 4 rings (SSSR count). The Bertz CT molecular complexity index is 1010. The standard InChI is InChI=1S/C23H22N2O3S/c1-3-28-18-10-6-16(7-11-18)19-12-21(26)25-22(20(19)13-24)29-14-23(25,27)17-8-4-15(2)5-9-17/h4-11,19,27H,3,12,14H2,1-2H3. The number of hydrogen-bond acceptors (Lipinski definition) is 5. The van der Waals surface area contributed by atoms with Crippen LogP contribution in [0.25, 0.3) is 0 Å². The summed E-state index contributed by atoms with van der Waals surface area (Å²) in [6.07, 6.45) is 0.148. The van der Waals surface area contributed by atoms with E-state index >= 15 is 0 Å². The lowest BCUT2D eigenvalue weighted by Crippen LogP contribution is -2.48. The molecule has 2 heterocycles. The predicted molar refractivity (Wildman–Crippen MR) is 112 cm³/mol. The highest BCUT2D eigenvalue weighted by Gasteiger charge is 2.51. The number of allylic oxidation sites excluding steroid dienone is 1. The van der Waals surface area contributed by atoms with Crippen molar-refractivity contribution in [2.45, 2.75) is 31.9 Å². The molecule has 1 saturated heterocycles. The van der Waals surface area contributed by atoms with E-state index in [-0.39, 0.29) is 18.2 Å². The van der Waals surface area contributed by atoms with Gasteiger partial charge < -0.3 is 9.84 Å². The van der Waals surface area contributed by atoms with Gasteiger partial charge in [0.15, 0.2) is 5.72 Å². The van der Waals surface area contributed by atoms with Crippen molar-refractivity contribution in [3.8, 4) is 11.8 Å². The minimum atomic E-state index is -1.43. The maximum atomic E-state index is 13.1. The zero-order valence-electron chi connectivity index (χ0n) is 16.4. The van der Waals surface area contributed by atoms with Crippen LogP contribution in [0.5, 0.6) is 5.75 Å². The molecule has 1 N–H and O–H groups in total. The molecule has 5 nitrogen and oxygen atoms in total. The van der Waals surface area contributed by atoms with Crippen LogP contribution in [-0.2, 0) is 10.5 Å². The van der Waals surface area contributed by atoms with Crippen molar-refractivity contribution in [3.05, 3.63) is 75.8 Å². The smallest absolute Gasteiger partial charge is 0.231 e. The molecule has 2 aromatic rings. The van der Waals surface area contributed by atoms with Gasteiger partial charge >= 0.3 is 0 Å². The van der Waals surface area contributed by atoms with Gasteiger partial charge in [-0.1, -0.05) is 42.0 Å². The molecular weight excluding hydrogens is 384 g/mol. The molecule has 0 bridgehead atoms. The molecule has 2 aliphatic rings. The molecule has 0 aromatic heterocycles. The van der Waals surface area contributed by atoms with Crippen LogP contribution in [0.2, 0.25) is 0 Å². The minimum Gasteiger partial charge on any atom is -0.494 e. The second-order valence-electron chi connectivity index (χ2n) is 7.29.